The molecule has 1 aromatic carbocycles. The van der Waals surface area contributed by atoms with E-state index in [1.807, 2.05) is 0 Å². The van der Waals surface area contributed by atoms with Crippen LogP contribution in [0.5, 0.6) is 5.75 Å². The van der Waals surface area contributed by atoms with Crippen LogP contribution in [-0.4, -0.2) is 23.8 Å². The summed E-state index contributed by atoms with van der Waals surface area (Å²) in [5.74, 6) is -0.545. The van der Waals surface area contributed by atoms with Crippen LogP contribution in [0, 0.1) is 0 Å². The summed E-state index contributed by atoms with van der Waals surface area (Å²) in [5.41, 5.74) is 0.171. The number of phenols is 1. The number of nitrogens with one attached hydrogen (secondary N) is 1. The van der Waals surface area contributed by atoms with E-state index in [9.17, 15) is 14.7 Å². The van der Waals surface area contributed by atoms with E-state index in [-0.39, 0.29) is 17.9 Å². The predicted octanol–water partition coefficient (Wildman–Crippen LogP) is 0.321. The van der Waals surface area contributed by atoms with Gasteiger partial charge in [-0.05, 0) is 12.1 Å². The Hall–Kier alpha value is -1.84. The number of aldehydes is 1. The SMILES string of the molecule is O=CCNC(=O)c1ccccc1O. The quantitative estimate of drug-likeness (QED) is 0.657. The van der Waals surface area contributed by atoms with E-state index >= 15 is 0 Å². The lowest BCUT2D eigenvalue weighted by molar-refractivity contribution is -0.107. The van der Waals surface area contributed by atoms with Gasteiger partial charge in [-0.3, -0.25) is 4.79 Å². The summed E-state index contributed by atoms with van der Waals surface area (Å²) in [6.45, 7) is -0.0484. The van der Waals surface area contributed by atoms with E-state index in [1.54, 1.807) is 12.1 Å². The maximum absolute atomic E-state index is 11.2. The summed E-state index contributed by atoms with van der Waals surface area (Å²) in [4.78, 5) is 21.1. The maximum atomic E-state index is 11.2. The number of phenolic OH excluding ortho intramolecular Hbond substituents is 1. The molecule has 0 aliphatic heterocycles. The van der Waals surface area contributed by atoms with Crippen LogP contribution in [0.1, 0.15) is 10.4 Å². The minimum absolute atomic E-state index is 0.0484. The molecule has 0 fully saturated rings. The number of amides is 1. The average molecular weight is 179 g/mol. The van der Waals surface area contributed by atoms with Crippen LogP contribution >= 0.6 is 0 Å². The van der Waals surface area contributed by atoms with Crippen LogP contribution in [-0.2, 0) is 4.79 Å². The zero-order valence-electron chi connectivity index (χ0n) is 6.86. The lowest BCUT2D eigenvalue weighted by Crippen LogP contribution is -2.25. The van der Waals surface area contributed by atoms with E-state index in [1.165, 1.54) is 12.1 Å². The summed E-state index contributed by atoms with van der Waals surface area (Å²) in [6, 6.07) is 6.15. The molecule has 1 amide bonds. The molecule has 0 saturated carbocycles. The van der Waals surface area contributed by atoms with Crippen LogP contribution in [0.2, 0.25) is 0 Å². The van der Waals surface area contributed by atoms with Crippen LogP contribution in [0.25, 0.3) is 0 Å². The minimum atomic E-state index is -0.454. The fraction of sp³-hybridized carbons (Fsp3) is 0.111. The molecular weight excluding hydrogens is 170 g/mol. The summed E-state index contributed by atoms with van der Waals surface area (Å²) >= 11 is 0. The number of aromatic hydroxyl groups is 1. The highest BCUT2D eigenvalue weighted by molar-refractivity contribution is 5.97. The van der Waals surface area contributed by atoms with Crippen LogP contribution in [0.3, 0.4) is 0 Å². The Bertz CT molecular complexity index is 322. The average Bonchev–Trinajstić information content (AvgIpc) is 2.15. The molecule has 0 aliphatic carbocycles. The first-order valence-corrected chi connectivity index (χ1v) is 3.75. The first kappa shape index (κ1) is 9.25. The van der Waals surface area contributed by atoms with Crippen molar-refractivity contribution in [2.45, 2.75) is 0 Å². The molecule has 13 heavy (non-hydrogen) atoms. The molecule has 2 N–H and O–H groups in total. The number of rotatable bonds is 3. The molecule has 0 aromatic heterocycles. The van der Waals surface area contributed by atoms with Crippen molar-refractivity contribution in [1.82, 2.24) is 5.32 Å². The van der Waals surface area contributed by atoms with Crippen molar-refractivity contribution in [3.8, 4) is 5.75 Å². The van der Waals surface area contributed by atoms with Gasteiger partial charge in [0.15, 0.2) is 0 Å². The maximum Gasteiger partial charge on any atom is 0.255 e. The molecule has 0 atom stereocenters. The molecule has 0 bridgehead atoms. The van der Waals surface area contributed by atoms with E-state index in [4.69, 9.17) is 0 Å². The van der Waals surface area contributed by atoms with Gasteiger partial charge < -0.3 is 15.2 Å². The predicted molar refractivity (Wildman–Crippen MR) is 46.5 cm³/mol. The highest BCUT2D eigenvalue weighted by atomic mass is 16.3. The third-order valence-corrected chi connectivity index (χ3v) is 1.49. The third kappa shape index (κ3) is 2.30. The van der Waals surface area contributed by atoms with Crippen molar-refractivity contribution in [2.75, 3.05) is 6.54 Å². The molecule has 1 rings (SSSR count). The van der Waals surface area contributed by atoms with Crippen molar-refractivity contribution in [3.05, 3.63) is 29.8 Å². The van der Waals surface area contributed by atoms with Crippen molar-refractivity contribution >= 4 is 12.2 Å². The molecule has 68 valence electrons. The second-order valence-electron chi connectivity index (χ2n) is 2.39. The first-order chi connectivity index (χ1) is 6.25. The zero-order chi connectivity index (χ0) is 9.68. The van der Waals surface area contributed by atoms with Gasteiger partial charge in [-0.15, -0.1) is 0 Å². The van der Waals surface area contributed by atoms with Gasteiger partial charge in [-0.2, -0.15) is 0 Å². The molecule has 1 aromatic rings. The van der Waals surface area contributed by atoms with Gasteiger partial charge in [0, 0.05) is 0 Å². The number of benzene rings is 1. The Morgan fingerprint density at radius 2 is 2.15 bits per heavy atom. The Morgan fingerprint density at radius 1 is 1.46 bits per heavy atom. The fourth-order valence-corrected chi connectivity index (χ4v) is 0.895. The van der Waals surface area contributed by atoms with Gasteiger partial charge in [0.05, 0.1) is 12.1 Å². The van der Waals surface area contributed by atoms with E-state index in [0.29, 0.717) is 6.29 Å². The van der Waals surface area contributed by atoms with Gasteiger partial charge in [-0.25, -0.2) is 0 Å². The van der Waals surface area contributed by atoms with Gasteiger partial charge >= 0.3 is 0 Å². The van der Waals surface area contributed by atoms with Crippen LogP contribution in [0.15, 0.2) is 24.3 Å². The van der Waals surface area contributed by atoms with Gasteiger partial charge in [0.1, 0.15) is 12.0 Å². The van der Waals surface area contributed by atoms with Crippen molar-refractivity contribution in [1.29, 1.82) is 0 Å². The molecule has 0 radical (unpaired) electrons. The Morgan fingerprint density at radius 3 is 2.77 bits per heavy atom. The van der Waals surface area contributed by atoms with E-state index in [2.05, 4.69) is 5.32 Å². The number of carbonyl (C=O) groups is 2. The Balaban J connectivity index is 2.76. The second-order valence-corrected chi connectivity index (χ2v) is 2.39. The topological polar surface area (TPSA) is 66.4 Å². The standard InChI is InChI=1S/C9H9NO3/c11-6-5-10-9(13)7-3-1-2-4-8(7)12/h1-4,6,12H,5H2,(H,10,13). The van der Waals surface area contributed by atoms with Crippen LogP contribution < -0.4 is 5.32 Å². The minimum Gasteiger partial charge on any atom is -0.507 e. The molecule has 4 nitrogen and oxygen atoms in total. The summed E-state index contributed by atoms with van der Waals surface area (Å²) in [5, 5.41) is 11.6. The summed E-state index contributed by atoms with van der Waals surface area (Å²) < 4.78 is 0. The smallest absolute Gasteiger partial charge is 0.255 e. The number of carbonyl (C=O) groups excluding carboxylic acids is 2. The first-order valence-electron chi connectivity index (χ1n) is 3.75. The second kappa shape index (κ2) is 4.25. The lowest BCUT2D eigenvalue weighted by Gasteiger charge is -2.02. The highest BCUT2D eigenvalue weighted by Crippen LogP contribution is 2.14. The van der Waals surface area contributed by atoms with Crippen molar-refractivity contribution in [3.63, 3.8) is 0 Å². The third-order valence-electron chi connectivity index (χ3n) is 1.49. The monoisotopic (exact) mass is 179 g/mol. The molecular formula is C9H9NO3. The van der Waals surface area contributed by atoms with E-state index < -0.39 is 5.91 Å². The normalized spacial score (nSPS) is 9.23. The molecule has 0 spiro atoms. The number of hydrogen-bond donors (Lipinski definition) is 2. The molecule has 0 saturated heterocycles. The molecule has 0 aliphatic rings. The van der Waals surface area contributed by atoms with E-state index in [0.717, 1.165) is 0 Å². The Kier molecular flexibility index (Phi) is 3.03. The molecule has 0 unspecified atom stereocenters. The zero-order valence-corrected chi connectivity index (χ0v) is 6.86. The highest BCUT2D eigenvalue weighted by Gasteiger charge is 2.08. The summed E-state index contributed by atoms with van der Waals surface area (Å²) in [6.07, 6.45) is 0.581. The van der Waals surface area contributed by atoms with Gasteiger partial charge in [0.2, 0.25) is 0 Å². The fourth-order valence-electron chi connectivity index (χ4n) is 0.895. The van der Waals surface area contributed by atoms with Crippen molar-refractivity contribution < 1.29 is 14.7 Å². The van der Waals surface area contributed by atoms with Gasteiger partial charge in [-0.1, -0.05) is 12.1 Å². The molecule has 0 heterocycles. The van der Waals surface area contributed by atoms with Crippen LogP contribution in [0.4, 0.5) is 0 Å². The number of hydrogen-bond acceptors (Lipinski definition) is 3. The number of para-hydroxylation sites is 1. The largest absolute Gasteiger partial charge is 0.507 e. The van der Waals surface area contributed by atoms with Crippen molar-refractivity contribution in [2.24, 2.45) is 0 Å². The Labute approximate surface area is 75.2 Å². The lowest BCUT2D eigenvalue weighted by atomic mass is 10.2. The van der Waals surface area contributed by atoms with Gasteiger partial charge in [0.25, 0.3) is 5.91 Å². The summed E-state index contributed by atoms with van der Waals surface area (Å²) in [7, 11) is 0. The molecule has 4 heteroatoms.